The molecule has 2 rings (SSSR count). The Bertz CT molecular complexity index is 503. The summed E-state index contributed by atoms with van der Waals surface area (Å²) in [6.07, 6.45) is 3.06. The van der Waals surface area contributed by atoms with Crippen LogP contribution in [0.5, 0.6) is 0 Å². The highest BCUT2D eigenvalue weighted by molar-refractivity contribution is 5.93. The fourth-order valence-electron chi connectivity index (χ4n) is 2.20. The van der Waals surface area contributed by atoms with E-state index in [1.54, 1.807) is 23.0 Å². The van der Waals surface area contributed by atoms with Crippen LogP contribution in [-0.4, -0.2) is 78.5 Å². The first-order valence-electron chi connectivity index (χ1n) is 7.28. The van der Waals surface area contributed by atoms with Crippen molar-refractivity contribution in [3.05, 3.63) is 18.1 Å². The summed E-state index contributed by atoms with van der Waals surface area (Å²) in [6.45, 7) is 3.56. The molecule has 1 aliphatic rings. The van der Waals surface area contributed by atoms with Crippen LogP contribution in [0.2, 0.25) is 0 Å². The number of hydrogen-bond donors (Lipinski definition) is 1. The second kappa shape index (κ2) is 8.28. The third kappa shape index (κ3) is 4.39. The molecule has 2 amide bonds. The number of rotatable bonds is 7. The van der Waals surface area contributed by atoms with Crippen molar-refractivity contribution in [1.82, 2.24) is 19.8 Å². The number of aromatic nitrogens is 2. The second-order valence-corrected chi connectivity index (χ2v) is 5.00. The minimum absolute atomic E-state index is 0.132. The lowest BCUT2D eigenvalue weighted by atomic mass is 10.2. The standard InChI is InChI=1S/C14H21N5O3/c1-22-8-2-3-15-13-9-12(16-10-17-13)14(21)19-6-4-18(11-20)5-7-19/h9-11H,2-8H2,1H3,(H,15,16,17). The summed E-state index contributed by atoms with van der Waals surface area (Å²) >= 11 is 0. The van der Waals surface area contributed by atoms with E-state index in [-0.39, 0.29) is 5.91 Å². The van der Waals surface area contributed by atoms with E-state index in [1.165, 1.54) is 6.33 Å². The van der Waals surface area contributed by atoms with Crippen LogP contribution in [0.1, 0.15) is 16.9 Å². The summed E-state index contributed by atoms with van der Waals surface area (Å²) in [7, 11) is 1.66. The summed E-state index contributed by atoms with van der Waals surface area (Å²) in [5, 5.41) is 3.14. The second-order valence-electron chi connectivity index (χ2n) is 5.00. The van der Waals surface area contributed by atoms with Crippen LogP contribution < -0.4 is 5.32 Å². The lowest BCUT2D eigenvalue weighted by molar-refractivity contribution is -0.119. The Labute approximate surface area is 129 Å². The van der Waals surface area contributed by atoms with Crippen LogP contribution in [0.3, 0.4) is 0 Å². The normalized spacial score (nSPS) is 14.8. The highest BCUT2D eigenvalue weighted by Crippen LogP contribution is 2.09. The number of nitrogens with one attached hydrogen (secondary N) is 1. The summed E-state index contributed by atoms with van der Waals surface area (Å²) < 4.78 is 4.98. The molecule has 0 bridgehead atoms. The molecule has 0 aliphatic carbocycles. The third-order valence-corrected chi connectivity index (χ3v) is 3.47. The van der Waals surface area contributed by atoms with E-state index >= 15 is 0 Å². The van der Waals surface area contributed by atoms with Gasteiger partial charge in [-0.2, -0.15) is 0 Å². The molecule has 22 heavy (non-hydrogen) atoms. The molecule has 0 atom stereocenters. The SMILES string of the molecule is COCCCNc1cc(C(=O)N2CCN(C=O)CC2)ncn1. The number of piperazine rings is 1. The van der Waals surface area contributed by atoms with Gasteiger partial charge in [0, 0.05) is 52.5 Å². The number of hydrogen-bond acceptors (Lipinski definition) is 6. The zero-order valence-electron chi connectivity index (χ0n) is 12.7. The maximum atomic E-state index is 12.4. The molecule has 1 fully saturated rings. The van der Waals surface area contributed by atoms with Gasteiger partial charge in [0.25, 0.3) is 5.91 Å². The summed E-state index contributed by atoms with van der Waals surface area (Å²) in [6, 6.07) is 1.65. The lowest BCUT2D eigenvalue weighted by Crippen LogP contribution is -2.48. The van der Waals surface area contributed by atoms with Gasteiger partial charge in [0.1, 0.15) is 17.8 Å². The number of nitrogens with zero attached hydrogens (tertiary/aromatic N) is 4. The molecule has 0 saturated carbocycles. The highest BCUT2D eigenvalue weighted by atomic mass is 16.5. The lowest BCUT2D eigenvalue weighted by Gasteiger charge is -2.32. The van der Waals surface area contributed by atoms with Crippen molar-refractivity contribution in [3.8, 4) is 0 Å². The number of amides is 2. The summed E-state index contributed by atoms with van der Waals surface area (Å²) in [5.41, 5.74) is 0.365. The first kappa shape index (κ1) is 16.2. The molecule has 0 spiro atoms. The fourth-order valence-corrected chi connectivity index (χ4v) is 2.20. The molecular weight excluding hydrogens is 286 g/mol. The quantitative estimate of drug-likeness (QED) is 0.556. The number of carbonyl (C=O) groups is 2. The summed E-state index contributed by atoms with van der Waals surface area (Å²) in [4.78, 5) is 34.6. The van der Waals surface area contributed by atoms with E-state index in [1.807, 2.05) is 0 Å². The van der Waals surface area contributed by atoms with Crippen LogP contribution in [0.15, 0.2) is 12.4 Å². The van der Waals surface area contributed by atoms with Crippen molar-refractivity contribution in [1.29, 1.82) is 0 Å². The predicted molar refractivity (Wildman–Crippen MR) is 80.6 cm³/mol. The number of methoxy groups -OCH3 is 1. The van der Waals surface area contributed by atoms with Gasteiger partial charge in [-0.15, -0.1) is 0 Å². The molecule has 1 aliphatic heterocycles. The molecule has 8 heteroatoms. The number of anilines is 1. The van der Waals surface area contributed by atoms with Crippen molar-refractivity contribution in [2.24, 2.45) is 0 Å². The topological polar surface area (TPSA) is 87.7 Å². The van der Waals surface area contributed by atoms with Gasteiger partial charge in [-0.3, -0.25) is 9.59 Å². The van der Waals surface area contributed by atoms with Gasteiger partial charge in [0.15, 0.2) is 0 Å². The average Bonchev–Trinajstić information content (AvgIpc) is 2.58. The monoisotopic (exact) mass is 307 g/mol. The van der Waals surface area contributed by atoms with E-state index in [2.05, 4.69) is 15.3 Å². The fraction of sp³-hybridized carbons (Fsp3) is 0.571. The Morgan fingerprint density at radius 2 is 2.14 bits per heavy atom. The molecule has 8 nitrogen and oxygen atoms in total. The van der Waals surface area contributed by atoms with E-state index in [0.29, 0.717) is 44.3 Å². The average molecular weight is 307 g/mol. The maximum absolute atomic E-state index is 12.4. The molecule has 1 aromatic rings. The van der Waals surface area contributed by atoms with Gasteiger partial charge in [-0.05, 0) is 6.42 Å². The van der Waals surface area contributed by atoms with E-state index < -0.39 is 0 Å². The van der Waals surface area contributed by atoms with Crippen molar-refractivity contribution >= 4 is 18.1 Å². The van der Waals surface area contributed by atoms with Gasteiger partial charge in [0.05, 0.1) is 0 Å². The van der Waals surface area contributed by atoms with Crippen LogP contribution >= 0.6 is 0 Å². The van der Waals surface area contributed by atoms with Gasteiger partial charge in [-0.1, -0.05) is 0 Å². The number of carbonyl (C=O) groups excluding carboxylic acids is 2. The van der Waals surface area contributed by atoms with Gasteiger partial charge >= 0.3 is 0 Å². The molecule has 0 aromatic carbocycles. The Hall–Kier alpha value is -2.22. The molecule has 1 saturated heterocycles. The van der Waals surface area contributed by atoms with Crippen LogP contribution in [0, 0.1) is 0 Å². The zero-order chi connectivity index (χ0) is 15.8. The third-order valence-electron chi connectivity index (χ3n) is 3.47. The molecule has 1 aromatic heterocycles. The van der Waals surface area contributed by atoms with Crippen LogP contribution in [-0.2, 0) is 9.53 Å². The van der Waals surface area contributed by atoms with Crippen molar-refractivity contribution in [2.45, 2.75) is 6.42 Å². The largest absolute Gasteiger partial charge is 0.385 e. The molecule has 1 N–H and O–H groups in total. The van der Waals surface area contributed by atoms with Crippen LogP contribution in [0.25, 0.3) is 0 Å². The van der Waals surface area contributed by atoms with Gasteiger partial charge in [0.2, 0.25) is 6.41 Å². The van der Waals surface area contributed by atoms with E-state index in [0.717, 1.165) is 19.4 Å². The highest BCUT2D eigenvalue weighted by Gasteiger charge is 2.22. The predicted octanol–water partition coefficient (Wildman–Crippen LogP) is -0.161. The van der Waals surface area contributed by atoms with Gasteiger partial charge < -0.3 is 19.9 Å². The molecule has 0 radical (unpaired) electrons. The Balaban J connectivity index is 1.91. The minimum Gasteiger partial charge on any atom is -0.385 e. The number of ether oxygens (including phenoxy) is 1. The van der Waals surface area contributed by atoms with Gasteiger partial charge in [-0.25, -0.2) is 9.97 Å². The maximum Gasteiger partial charge on any atom is 0.272 e. The molecule has 0 unspecified atom stereocenters. The van der Waals surface area contributed by atoms with E-state index in [4.69, 9.17) is 4.74 Å². The Morgan fingerprint density at radius 1 is 1.36 bits per heavy atom. The van der Waals surface area contributed by atoms with E-state index in [9.17, 15) is 9.59 Å². The minimum atomic E-state index is -0.132. The first-order chi connectivity index (χ1) is 10.7. The Kier molecular flexibility index (Phi) is 6.08. The molecule has 120 valence electrons. The van der Waals surface area contributed by atoms with Crippen molar-refractivity contribution < 1.29 is 14.3 Å². The molecular formula is C14H21N5O3. The van der Waals surface area contributed by atoms with Crippen molar-refractivity contribution in [2.75, 3.05) is 51.8 Å². The summed E-state index contributed by atoms with van der Waals surface area (Å²) in [5.74, 6) is 0.494. The zero-order valence-corrected chi connectivity index (χ0v) is 12.7. The van der Waals surface area contributed by atoms with Crippen LogP contribution in [0.4, 0.5) is 5.82 Å². The smallest absolute Gasteiger partial charge is 0.272 e. The van der Waals surface area contributed by atoms with Crippen molar-refractivity contribution in [3.63, 3.8) is 0 Å². The molecule has 2 heterocycles. The Morgan fingerprint density at radius 3 is 2.82 bits per heavy atom. The first-order valence-corrected chi connectivity index (χ1v) is 7.28.